The van der Waals surface area contributed by atoms with Crippen LogP contribution in [0.1, 0.15) is 47.6 Å². The van der Waals surface area contributed by atoms with E-state index >= 15 is 0 Å². The van der Waals surface area contributed by atoms with Crippen LogP contribution in [-0.2, 0) is 49.4 Å². The molecule has 8 nitrogen and oxygen atoms in total. The average molecular weight is 614 g/mol. The number of hydrogen-bond acceptors (Lipinski definition) is 5. The summed E-state index contributed by atoms with van der Waals surface area (Å²) in [6.45, 7) is 2.00. The molecule has 0 radical (unpaired) electrons. The van der Waals surface area contributed by atoms with Crippen LogP contribution < -0.4 is 5.09 Å². The van der Waals surface area contributed by atoms with Crippen LogP contribution in [0.2, 0.25) is 0 Å². The SMILES string of the molecule is COC(=O)[C@@H]1CCCN1C(=O)CN(C(=O)[C@]1(C)NP1(=O)CCc1ccccc1Cc1ccccc1)C1Cc2ccccc2C1. The first kappa shape index (κ1) is 30.3. The van der Waals surface area contributed by atoms with Gasteiger partial charge in [0, 0.05) is 18.7 Å². The molecule has 2 amide bonds. The Balaban J connectivity index is 1.19. The fraction of sp³-hybridized carbons (Fsp3) is 0.400. The van der Waals surface area contributed by atoms with E-state index < -0.39 is 24.6 Å². The van der Waals surface area contributed by atoms with Crippen LogP contribution in [0.25, 0.3) is 0 Å². The number of fused-ring (bicyclic) bond motifs is 1. The van der Waals surface area contributed by atoms with Gasteiger partial charge in [-0.3, -0.25) is 9.59 Å². The number of benzene rings is 3. The maximum Gasteiger partial charge on any atom is 0.328 e. The van der Waals surface area contributed by atoms with Crippen LogP contribution >= 0.6 is 7.29 Å². The minimum absolute atomic E-state index is 0.165. The smallest absolute Gasteiger partial charge is 0.328 e. The fourth-order valence-electron chi connectivity index (χ4n) is 6.96. The Hall–Kier alpha value is -3.74. The summed E-state index contributed by atoms with van der Waals surface area (Å²) in [4.78, 5) is 43.6. The van der Waals surface area contributed by atoms with Crippen molar-refractivity contribution in [2.24, 2.45) is 0 Å². The first-order valence-corrected chi connectivity index (χ1v) is 17.4. The molecule has 0 saturated carbocycles. The molecule has 1 unspecified atom stereocenters. The molecule has 0 aromatic heterocycles. The number of aryl methyl sites for hydroxylation is 1. The van der Waals surface area contributed by atoms with Gasteiger partial charge in [0.25, 0.3) is 5.91 Å². The van der Waals surface area contributed by atoms with Crippen molar-refractivity contribution in [3.05, 3.63) is 107 Å². The van der Waals surface area contributed by atoms with Crippen molar-refractivity contribution in [3.63, 3.8) is 0 Å². The molecular weight excluding hydrogens is 573 g/mol. The van der Waals surface area contributed by atoms with Gasteiger partial charge in [0.15, 0.2) is 12.6 Å². The van der Waals surface area contributed by atoms with Crippen molar-refractivity contribution >= 4 is 25.1 Å². The Morgan fingerprint density at radius 3 is 2.27 bits per heavy atom. The normalized spacial score (nSPS) is 24.1. The van der Waals surface area contributed by atoms with E-state index in [1.165, 1.54) is 18.2 Å². The third kappa shape index (κ3) is 5.85. The highest BCUT2D eigenvalue weighted by molar-refractivity contribution is 7.71. The van der Waals surface area contributed by atoms with E-state index in [9.17, 15) is 18.9 Å². The third-order valence-corrected chi connectivity index (χ3v) is 12.8. The van der Waals surface area contributed by atoms with Crippen LogP contribution in [0.3, 0.4) is 0 Å². The first-order valence-electron chi connectivity index (χ1n) is 15.5. The Labute approximate surface area is 259 Å². The molecule has 3 aromatic carbocycles. The fourth-order valence-corrected chi connectivity index (χ4v) is 9.60. The van der Waals surface area contributed by atoms with Crippen molar-refractivity contribution in [2.75, 3.05) is 26.4 Å². The van der Waals surface area contributed by atoms with Gasteiger partial charge < -0.3 is 19.1 Å². The van der Waals surface area contributed by atoms with Crippen molar-refractivity contribution in [3.8, 4) is 0 Å². The number of hydrogen-bond donors (Lipinski definition) is 1. The van der Waals surface area contributed by atoms with Gasteiger partial charge in [0.05, 0.1) is 7.11 Å². The molecule has 230 valence electrons. The van der Waals surface area contributed by atoms with Crippen molar-refractivity contribution in [1.29, 1.82) is 0 Å². The molecule has 44 heavy (non-hydrogen) atoms. The Bertz CT molecular complexity index is 1590. The minimum Gasteiger partial charge on any atom is -0.467 e. The third-order valence-electron chi connectivity index (χ3n) is 9.62. The predicted octanol–water partition coefficient (Wildman–Crippen LogP) is 4.58. The Morgan fingerprint density at radius 2 is 1.59 bits per heavy atom. The highest BCUT2D eigenvalue weighted by atomic mass is 31.2. The zero-order valence-corrected chi connectivity index (χ0v) is 26.3. The number of amides is 2. The molecule has 9 heteroatoms. The maximum atomic E-state index is 14.4. The second-order valence-electron chi connectivity index (χ2n) is 12.4. The molecule has 1 N–H and O–H groups in total. The number of ether oxygens (including phenoxy) is 1. The van der Waals surface area contributed by atoms with Gasteiger partial charge in [-0.1, -0.05) is 78.9 Å². The zero-order chi connectivity index (χ0) is 30.9. The summed E-state index contributed by atoms with van der Waals surface area (Å²) in [7, 11) is -1.75. The number of nitrogens with zero attached hydrogens (tertiary/aromatic N) is 2. The number of esters is 1. The summed E-state index contributed by atoms with van der Waals surface area (Å²) in [5, 5.41) is 1.90. The molecule has 2 aliphatic heterocycles. The predicted molar refractivity (Wildman–Crippen MR) is 170 cm³/mol. The summed E-state index contributed by atoms with van der Waals surface area (Å²) in [5.41, 5.74) is 5.83. The quantitative estimate of drug-likeness (QED) is 0.204. The average Bonchev–Trinajstić information content (AvgIpc) is 3.42. The minimum atomic E-state index is -3.07. The summed E-state index contributed by atoms with van der Waals surface area (Å²) < 4.78 is 19.2. The zero-order valence-electron chi connectivity index (χ0n) is 25.4. The lowest BCUT2D eigenvalue weighted by Crippen LogP contribution is -2.53. The lowest BCUT2D eigenvalue weighted by molar-refractivity contribution is -0.152. The molecule has 3 aromatic rings. The van der Waals surface area contributed by atoms with E-state index in [2.05, 4.69) is 41.5 Å². The van der Waals surface area contributed by atoms with E-state index in [1.54, 1.807) is 16.7 Å². The molecule has 2 fully saturated rings. The van der Waals surface area contributed by atoms with Crippen molar-refractivity contribution < 1.29 is 23.7 Å². The van der Waals surface area contributed by atoms with E-state index in [4.69, 9.17) is 4.74 Å². The highest BCUT2D eigenvalue weighted by Gasteiger charge is 2.67. The van der Waals surface area contributed by atoms with E-state index in [1.807, 2.05) is 42.5 Å². The van der Waals surface area contributed by atoms with E-state index in [0.717, 1.165) is 23.1 Å². The molecule has 2 heterocycles. The van der Waals surface area contributed by atoms with Gasteiger partial charge in [-0.05, 0) is 73.3 Å². The lowest BCUT2D eigenvalue weighted by atomic mass is 9.98. The second kappa shape index (κ2) is 12.3. The number of likely N-dealkylation sites (tertiary alicyclic amines) is 1. The summed E-state index contributed by atoms with van der Waals surface area (Å²) in [5.74, 6) is -1.02. The highest BCUT2D eigenvalue weighted by Crippen LogP contribution is 2.69. The molecular formula is C35H40N3O5P. The molecule has 0 spiro atoms. The molecule has 1 aliphatic carbocycles. The van der Waals surface area contributed by atoms with Gasteiger partial charge in [0.1, 0.15) is 12.6 Å². The molecule has 2 saturated heterocycles. The van der Waals surface area contributed by atoms with Gasteiger partial charge in [-0.15, -0.1) is 0 Å². The lowest BCUT2D eigenvalue weighted by Gasteiger charge is -2.33. The first-order chi connectivity index (χ1) is 21.2. The van der Waals surface area contributed by atoms with E-state index in [0.29, 0.717) is 44.8 Å². The molecule has 3 atom stereocenters. The van der Waals surface area contributed by atoms with Crippen LogP contribution in [0.5, 0.6) is 0 Å². The molecule has 6 rings (SSSR count). The Morgan fingerprint density at radius 1 is 0.955 bits per heavy atom. The Kier molecular flexibility index (Phi) is 8.49. The monoisotopic (exact) mass is 613 g/mol. The summed E-state index contributed by atoms with van der Waals surface area (Å²) in [6, 6.07) is 25.7. The number of carbonyl (C=O) groups is 3. The number of nitrogens with one attached hydrogen (secondary N) is 1. The standard InChI is InChI=1S/C35H40N3O5P/c1-35(36-44(35,42)20-18-26-13-6-7-14-27(26)21-25-11-4-3-5-12-25)34(41)38(30-22-28-15-8-9-16-29(28)23-30)24-32(39)37-19-10-17-31(37)33(40)43-2/h3-9,11-16,30-31H,10,17-24H2,1-2H3,(H,36,42)/t31-,35+,44?/m0/s1. The molecule has 0 bridgehead atoms. The van der Waals surface area contributed by atoms with Crippen molar-refractivity contribution in [2.45, 2.75) is 62.8 Å². The number of carbonyl (C=O) groups excluding carboxylic acids is 3. The van der Waals surface area contributed by atoms with Gasteiger partial charge >= 0.3 is 5.97 Å². The molecule has 3 aliphatic rings. The maximum absolute atomic E-state index is 14.4. The number of methoxy groups -OCH3 is 1. The number of rotatable bonds is 10. The van der Waals surface area contributed by atoms with Crippen LogP contribution in [0, 0.1) is 0 Å². The van der Waals surface area contributed by atoms with Crippen molar-refractivity contribution in [1.82, 2.24) is 14.9 Å². The summed E-state index contributed by atoms with van der Waals surface area (Å²) in [6.07, 6.45) is 4.22. The largest absolute Gasteiger partial charge is 0.467 e. The summed E-state index contributed by atoms with van der Waals surface area (Å²) >= 11 is 0. The van der Waals surface area contributed by atoms with Gasteiger partial charge in [0.2, 0.25) is 5.91 Å². The van der Waals surface area contributed by atoms with Gasteiger partial charge in [-0.2, -0.15) is 0 Å². The van der Waals surface area contributed by atoms with E-state index in [-0.39, 0.29) is 24.4 Å². The topological polar surface area (TPSA) is 106 Å². The second-order valence-corrected chi connectivity index (χ2v) is 15.4. The van der Waals surface area contributed by atoms with Crippen LogP contribution in [-0.4, -0.2) is 71.3 Å². The van der Waals surface area contributed by atoms with Crippen LogP contribution in [0.4, 0.5) is 0 Å². The van der Waals surface area contributed by atoms with Gasteiger partial charge in [-0.25, -0.2) is 9.88 Å². The van der Waals surface area contributed by atoms with Crippen LogP contribution in [0.15, 0.2) is 78.9 Å².